The maximum absolute atomic E-state index is 11.6. The van der Waals surface area contributed by atoms with Gasteiger partial charge in [0.2, 0.25) is 0 Å². The van der Waals surface area contributed by atoms with Crippen LogP contribution < -0.4 is 5.73 Å². The van der Waals surface area contributed by atoms with Gasteiger partial charge in [-0.05, 0) is 32.6 Å². The van der Waals surface area contributed by atoms with Gasteiger partial charge in [0.15, 0.2) is 0 Å². The van der Waals surface area contributed by atoms with Crippen LogP contribution in [0.5, 0.6) is 0 Å². The quantitative estimate of drug-likeness (QED) is 0.686. The third-order valence-electron chi connectivity index (χ3n) is 3.25. The molecule has 2 saturated heterocycles. The van der Waals surface area contributed by atoms with E-state index in [1.165, 1.54) is 0 Å². The molecule has 2 N–H and O–H groups in total. The fourth-order valence-corrected chi connectivity index (χ4v) is 2.72. The summed E-state index contributed by atoms with van der Waals surface area (Å²) in [6.07, 6.45) is 3.92. The number of amides is 1. The number of rotatable bonds is 1. The zero-order valence-corrected chi connectivity index (χ0v) is 8.61. The normalized spacial score (nSPS) is 35.9. The second-order valence-corrected chi connectivity index (χ2v) is 4.22. The van der Waals surface area contributed by atoms with Crippen LogP contribution in [0.2, 0.25) is 0 Å². The van der Waals surface area contributed by atoms with Gasteiger partial charge >= 0.3 is 6.09 Å². The summed E-state index contributed by atoms with van der Waals surface area (Å²) in [6, 6.07) is 0.948. The Morgan fingerprint density at radius 1 is 1.43 bits per heavy atom. The summed E-state index contributed by atoms with van der Waals surface area (Å²) < 4.78 is 5.04. The van der Waals surface area contributed by atoms with E-state index in [0.29, 0.717) is 18.7 Å². The SMILES string of the molecule is CCOC(=O)N1[C@@H]2CC[C@H]1CC(N)C2. The molecule has 14 heavy (non-hydrogen) atoms. The van der Waals surface area contributed by atoms with E-state index in [9.17, 15) is 4.79 Å². The third-order valence-corrected chi connectivity index (χ3v) is 3.25. The molecule has 0 aromatic carbocycles. The standard InChI is InChI=1S/C10H18N2O2/c1-2-14-10(13)12-8-3-4-9(12)6-7(11)5-8/h7-9H,2-6,11H2,1H3/t7?,8-,9+. The molecule has 2 heterocycles. The van der Waals surface area contributed by atoms with Gasteiger partial charge in [-0.15, -0.1) is 0 Å². The number of carbonyl (C=O) groups excluding carboxylic acids is 1. The van der Waals surface area contributed by atoms with Crippen molar-refractivity contribution in [3.05, 3.63) is 0 Å². The van der Waals surface area contributed by atoms with Gasteiger partial charge in [0.05, 0.1) is 6.61 Å². The van der Waals surface area contributed by atoms with Crippen LogP contribution in [0.25, 0.3) is 0 Å². The van der Waals surface area contributed by atoms with Crippen LogP contribution in [0.4, 0.5) is 4.79 Å². The van der Waals surface area contributed by atoms with Crippen LogP contribution in [-0.2, 0) is 4.74 Å². The number of nitrogens with two attached hydrogens (primary N) is 1. The van der Waals surface area contributed by atoms with E-state index in [0.717, 1.165) is 25.7 Å². The van der Waals surface area contributed by atoms with Crippen molar-refractivity contribution in [2.75, 3.05) is 6.61 Å². The lowest BCUT2D eigenvalue weighted by Crippen LogP contribution is -2.50. The third kappa shape index (κ3) is 1.59. The monoisotopic (exact) mass is 198 g/mol. The summed E-state index contributed by atoms with van der Waals surface area (Å²) >= 11 is 0. The van der Waals surface area contributed by atoms with Crippen LogP contribution >= 0.6 is 0 Å². The first kappa shape index (κ1) is 9.77. The van der Waals surface area contributed by atoms with Gasteiger partial charge in [0.1, 0.15) is 0 Å². The second-order valence-electron chi connectivity index (χ2n) is 4.22. The molecule has 4 heteroatoms. The molecular weight excluding hydrogens is 180 g/mol. The van der Waals surface area contributed by atoms with Gasteiger partial charge in [-0.2, -0.15) is 0 Å². The van der Waals surface area contributed by atoms with E-state index < -0.39 is 0 Å². The van der Waals surface area contributed by atoms with Gasteiger partial charge in [-0.25, -0.2) is 4.79 Å². The summed E-state index contributed by atoms with van der Waals surface area (Å²) in [5.41, 5.74) is 5.91. The highest BCUT2D eigenvalue weighted by molar-refractivity contribution is 5.69. The van der Waals surface area contributed by atoms with Crippen LogP contribution in [0.1, 0.15) is 32.6 Å². The molecule has 0 saturated carbocycles. The first-order chi connectivity index (χ1) is 6.72. The van der Waals surface area contributed by atoms with Crippen molar-refractivity contribution in [2.45, 2.75) is 50.7 Å². The maximum Gasteiger partial charge on any atom is 0.410 e. The highest BCUT2D eigenvalue weighted by Gasteiger charge is 2.42. The average molecular weight is 198 g/mol. The smallest absolute Gasteiger partial charge is 0.410 e. The Morgan fingerprint density at radius 3 is 2.50 bits per heavy atom. The van der Waals surface area contributed by atoms with Crippen LogP contribution in [0.3, 0.4) is 0 Å². The molecule has 3 atom stereocenters. The zero-order chi connectivity index (χ0) is 10.1. The maximum atomic E-state index is 11.6. The Balaban J connectivity index is 2.03. The first-order valence-electron chi connectivity index (χ1n) is 5.43. The number of ether oxygens (including phenoxy) is 1. The predicted octanol–water partition coefficient (Wildman–Crippen LogP) is 1.10. The van der Waals surface area contributed by atoms with E-state index >= 15 is 0 Å². The number of hydrogen-bond acceptors (Lipinski definition) is 3. The van der Waals surface area contributed by atoms with Gasteiger partial charge in [-0.1, -0.05) is 0 Å². The Hall–Kier alpha value is -0.770. The minimum absolute atomic E-state index is 0.146. The highest BCUT2D eigenvalue weighted by Crippen LogP contribution is 2.35. The minimum Gasteiger partial charge on any atom is -0.450 e. The average Bonchev–Trinajstić information content (AvgIpc) is 2.39. The molecule has 0 aromatic rings. The summed E-state index contributed by atoms with van der Waals surface area (Å²) in [5, 5.41) is 0. The molecule has 4 nitrogen and oxygen atoms in total. The molecule has 2 rings (SSSR count). The minimum atomic E-state index is -0.146. The van der Waals surface area contributed by atoms with Crippen molar-refractivity contribution < 1.29 is 9.53 Å². The number of nitrogens with zero attached hydrogens (tertiary/aromatic N) is 1. The van der Waals surface area contributed by atoms with E-state index in [-0.39, 0.29) is 12.1 Å². The van der Waals surface area contributed by atoms with Crippen LogP contribution in [0, 0.1) is 0 Å². The number of carbonyl (C=O) groups is 1. The van der Waals surface area contributed by atoms with Gasteiger partial charge in [-0.3, -0.25) is 0 Å². The van der Waals surface area contributed by atoms with Crippen molar-refractivity contribution >= 4 is 6.09 Å². The molecule has 0 spiro atoms. The lowest BCUT2D eigenvalue weighted by Gasteiger charge is -2.36. The number of fused-ring (bicyclic) bond motifs is 2. The molecule has 2 bridgehead atoms. The highest BCUT2D eigenvalue weighted by atomic mass is 16.6. The summed E-state index contributed by atoms with van der Waals surface area (Å²) in [5.74, 6) is 0. The Kier molecular flexibility index (Phi) is 2.63. The Labute approximate surface area is 84.4 Å². The largest absolute Gasteiger partial charge is 0.450 e. The fourth-order valence-electron chi connectivity index (χ4n) is 2.72. The molecule has 1 amide bonds. The van der Waals surface area contributed by atoms with Crippen molar-refractivity contribution in [1.82, 2.24) is 4.90 Å². The Bertz CT molecular complexity index is 218. The zero-order valence-electron chi connectivity index (χ0n) is 8.61. The van der Waals surface area contributed by atoms with E-state index in [2.05, 4.69) is 0 Å². The van der Waals surface area contributed by atoms with Crippen LogP contribution in [-0.4, -0.2) is 35.7 Å². The number of piperidine rings is 1. The van der Waals surface area contributed by atoms with E-state index in [1.807, 2.05) is 11.8 Å². The molecule has 2 fully saturated rings. The lowest BCUT2D eigenvalue weighted by atomic mass is 9.99. The summed E-state index contributed by atoms with van der Waals surface area (Å²) in [6.45, 7) is 2.30. The van der Waals surface area contributed by atoms with Crippen molar-refractivity contribution in [2.24, 2.45) is 5.73 Å². The molecular formula is C10H18N2O2. The lowest BCUT2D eigenvalue weighted by molar-refractivity contribution is 0.0696. The van der Waals surface area contributed by atoms with Gasteiger partial charge in [0, 0.05) is 18.1 Å². The van der Waals surface area contributed by atoms with Gasteiger partial charge in [0.25, 0.3) is 0 Å². The molecule has 80 valence electrons. The summed E-state index contributed by atoms with van der Waals surface area (Å²) in [7, 11) is 0. The fraction of sp³-hybridized carbons (Fsp3) is 0.900. The summed E-state index contributed by atoms with van der Waals surface area (Å²) in [4.78, 5) is 13.5. The second kappa shape index (κ2) is 3.77. The van der Waals surface area contributed by atoms with Gasteiger partial charge < -0.3 is 15.4 Å². The van der Waals surface area contributed by atoms with Crippen molar-refractivity contribution in [3.8, 4) is 0 Å². The van der Waals surface area contributed by atoms with E-state index in [1.54, 1.807) is 0 Å². The molecule has 2 aliphatic rings. The van der Waals surface area contributed by atoms with Crippen molar-refractivity contribution in [1.29, 1.82) is 0 Å². The molecule has 0 aliphatic carbocycles. The van der Waals surface area contributed by atoms with Crippen LogP contribution in [0.15, 0.2) is 0 Å². The Morgan fingerprint density at radius 2 is 2.00 bits per heavy atom. The predicted molar refractivity (Wildman–Crippen MR) is 52.9 cm³/mol. The first-order valence-corrected chi connectivity index (χ1v) is 5.43. The topological polar surface area (TPSA) is 55.6 Å². The molecule has 2 aliphatic heterocycles. The molecule has 1 unspecified atom stereocenters. The molecule has 0 radical (unpaired) electrons. The number of hydrogen-bond donors (Lipinski definition) is 1. The molecule has 0 aromatic heterocycles. The van der Waals surface area contributed by atoms with E-state index in [4.69, 9.17) is 10.5 Å². The van der Waals surface area contributed by atoms with Crippen molar-refractivity contribution in [3.63, 3.8) is 0 Å².